The van der Waals surface area contributed by atoms with Gasteiger partial charge in [0.25, 0.3) is 5.91 Å². The number of carbonyl (C=O) groups excluding carboxylic acids is 2. The molecule has 0 radical (unpaired) electrons. The van der Waals surface area contributed by atoms with Crippen molar-refractivity contribution >= 4 is 45.6 Å². The molecule has 1 atom stereocenters. The quantitative estimate of drug-likeness (QED) is 0.319. The topological polar surface area (TPSA) is 94.5 Å². The maximum Gasteiger partial charge on any atom is 0.356 e. The van der Waals surface area contributed by atoms with Crippen LogP contribution in [0.15, 0.2) is 54.0 Å². The zero-order valence-electron chi connectivity index (χ0n) is 20.2. The lowest BCUT2D eigenvalue weighted by Gasteiger charge is -2.14. The van der Waals surface area contributed by atoms with E-state index in [0.717, 1.165) is 18.5 Å². The van der Waals surface area contributed by atoms with Gasteiger partial charge in [-0.05, 0) is 55.0 Å². The van der Waals surface area contributed by atoms with Gasteiger partial charge in [-0.2, -0.15) is 0 Å². The Morgan fingerprint density at radius 1 is 1.25 bits per heavy atom. The number of benzene rings is 1. The fourth-order valence-corrected chi connectivity index (χ4v) is 5.32. The van der Waals surface area contributed by atoms with Crippen molar-refractivity contribution in [3.05, 3.63) is 75.7 Å². The SMILES string of the molecule is COC(=O)c1c(NC(=O)c2ccccc2)c2cc(NCc3sccc3C)cnc2n1CC1CCCO1. The molecule has 1 aromatic carbocycles. The number of hydrogen-bond donors (Lipinski definition) is 2. The Bertz CT molecular complexity index is 1390. The average molecular weight is 505 g/mol. The van der Waals surface area contributed by atoms with Crippen LogP contribution in [0.4, 0.5) is 11.4 Å². The van der Waals surface area contributed by atoms with Gasteiger partial charge < -0.3 is 24.7 Å². The minimum atomic E-state index is -0.543. The second-order valence-corrected chi connectivity index (χ2v) is 9.76. The largest absolute Gasteiger partial charge is 0.464 e. The zero-order valence-corrected chi connectivity index (χ0v) is 21.1. The number of fused-ring (bicyclic) bond motifs is 1. The van der Waals surface area contributed by atoms with Gasteiger partial charge in [0.2, 0.25) is 0 Å². The van der Waals surface area contributed by atoms with Gasteiger partial charge in [0.1, 0.15) is 5.65 Å². The Balaban J connectivity index is 1.58. The van der Waals surface area contributed by atoms with Crippen LogP contribution < -0.4 is 10.6 Å². The van der Waals surface area contributed by atoms with Crippen LogP contribution in [-0.4, -0.2) is 41.2 Å². The monoisotopic (exact) mass is 504 g/mol. The molecule has 36 heavy (non-hydrogen) atoms. The van der Waals surface area contributed by atoms with Crippen molar-refractivity contribution in [2.45, 2.75) is 39.0 Å². The molecule has 0 bridgehead atoms. The first-order chi connectivity index (χ1) is 17.5. The van der Waals surface area contributed by atoms with Gasteiger partial charge in [-0.15, -0.1) is 11.3 Å². The summed E-state index contributed by atoms with van der Waals surface area (Å²) in [5, 5.41) is 9.12. The van der Waals surface area contributed by atoms with Crippen LogP contribution in [0.25, 0.3) is 11.0 Å². The second-order valence-electron chi connectivity index (χ2n) is 8.76. The number of thiophene rings is 1. The fourth-order valence-electron chi connectivity index (χ4n) is 4.47. The van der Waals surface area contributed by atoms with E-state index in [1.165, 1.54) is 17.6 Å². The van der Waals surface area contributed by atoms with Crippen LogP contribution in [0.3, 0.4) is 0 Å². The van der Waals surface area contributed by atoms with Crippen LogP contribution in [0.1, 0.15) is 44.1 Å². The lowest BCUT2D eigenvalue weighted by atomic mass is 10.2. The highest BCUT2D eigenvalue weighted by atomic mass is 32.1. The summed E-state index contributed by atoms with van der Waals surface area (Å²) in [5.41, 5.74) is 3.73. The Hall–Kier alpha value is -3.69. The average Bonchev–Trinajstić information content (AvgIpc) is 3.63. The van der Waals surface area contributed by atoms with Crippen LogP contribution in [0.5, 0.6) is 0 Å². The van der Waals surface area contributed by atoms with Crippen molar-refractivity contribution in [2.24, 2.45) is 0 Å². The Morgan fingerprint density at radius 2 is 2.08 bits per heavy atom. The number of hydrogen-bond acceptors (Lipinski definition) is 7. The van der Waals surface area contributed by atoms with E-state index >= 15 is 0 Å². The molecule has 9 heteroatoms. The number of methoxy groups -OCH3 is 1. The first kappa shape index (κ1) is 24.0. The minimum Gasteiger partial charge on any atom is -0.464 e. The molecule has 3 aromatic heterocycles. The number of amides is 1. The van der Waals surface area contributed by atoms with E-state index in [9.17, 15) is 9.59 Å². The molecule has 0 aliphatic carbocycles. The number of rotatable bonds is 8. The highest BCUT2D eigenvalue weighted by Crippen LogP contribution is 2.34. The van der Waals surface area contributed by atoms with Crippen molar-refractivity contribution < 1.29 is 19.1 Å². The van der Waals surface area contributed by atoms with Gasteiger partial charge in [0, 0.05) is 29.0 Å². The molecule has 1 aliphatic heterocycles. The summed E-state index contributed by atoms with van der Waals surface area (Å²) in [4.78, 5) is 32.1. The van der Waals surface area contributed by atoms with Crippen molar-refractivity contribution in [3.63, 3.8) is 0 Å². The summed E-state index contributed by atoms with van der Waals surface area (Å²) in [5.74, 6) is -0.859. The Kier molecular flexibility index (Phi) is 7.02. The van der Waals surface area contributed by atoms with E-state index in [0.29, 0.717) is 42.0 Å². The number of aromatic nitrogens is 2. The molecule has 186 valence electrons. The molecule has 8 nitrogen and oxygen atoms in total. The molecule has 0 saturated carbocycles. The lowest BCUT2D eigenvalue weighted by molar-refractivity contribution is 0.0580. The first-order valence-corrected chi connectivity index (χ1v) is 12.8. The third-order valence-electron chi connectivity index (χ3n) is 6.38. The standard InChI is InChI=1S/C27H28N4O4S/c1-17-10-12-36-22(17)15-28-19-13-21-23(30-26(32)18-7-4-3-5-8-18)24(27(33)34-2)31(25(21)29-14-19)16-20-9-6-11-35-20/h3-5,7-8,10,12-14,20,28H,6,9,11,15-16H2,1-2H3,(H,30,32). The van der Waals surface area contributed by atoms with E-state index in [1.54, 1.807) is 41.8 Å². The molecule has 1 fully saturated rings. The summed E-state index contributed by atoms with van der Waals surface area (Å²) < 4.78 is 12.8. The van der Waals surface area contributed by atoms with Crippen LogP contribution >= 0.6 is 11.3 Å². The van der Waals surface area contributed by atoms with Gasteiger partial charge in [-0.3, -0.25) is 4.79 Å². The molecular weight excluding hydrogens is 476 g/mol. The predicted octanol–water partition coefficient (Wildman–Crippen LogP) is 5.24. The van der Waals surface area contributed by atoms with Crippen molar-refractivity contribution in [2.75, 3.05) is 24.4 Å². The zero-order chi connectivity index (χ0) is 25.1. The molecule has 4 heterocycles. The van der Waals surface area contributed by atoms with E-state index in [-0.39, 0.29) is 17.7 Å². The van der Waals surface area contributed by atoms with Crippen LogP contribution in [-0.2, 0) is 22.6 Å². The minimum absolute atomic E-state index is 0.0388. The van der Waals surface area contributed by atoms with Crippen molar-refractivity contribution in [1.29, 1.82) is 0 Å². The third-order valence-corrected chi connectivity index (χ3v) is 7.41. The fraction of sp³-hybridized carbons (Fsp3) is 0.296. The maximum atomic E-state index is 13.1. The molecule has 1 unspecified atom stereocenters. The summed E-state index contributed by atoms with van der Waals surface area (Å²) >= 11 is 1.69. The third kappa shape index (κ3) is 4.84. The summed E-state index contributed by atoms with van der Waals surface area (Å²) in [7, 11) is 1.34. The molecule has 1 aliphatic rings. The summed E-state index contributed by atoms with van der Waals surface area (Å²) in [6.45, 7) is 3.87. The number of nitrogens with zero attached hydrogens (tertiary/aromatic N) is 2. The number of aryl methyl sites for hydroxylation is 1. The molecule has 5 rings (SSSR count). The number of nitrogens with one attached hydrogen (secondary N) is 2. The highest BCUT2D eigenvalue weighted by molar-refractivity contribution is 7.10. The Morgan fingerprint density at radius 3 is 2.78 bits per heavy atom. The van der Waals surface area contributed by atoms with Gasteiger partial charge >= 0.3 is 5.97 Å². The predicted molar refractivity (Wildman–Crippen MR) is 141 cm³/mol. The van der Waals surface area contributed by atoms with E-state index in [1.807, 2.05) is 16.7 Å². The molecule has 1 saturated heterocycles. The summed E-state index contributed by atoms with van der Waals surface area (Å²) in [6, 6.07) is 12.9. The van der Waals surface area contributed by atoms with E-state index in [2.05, 4.69) is 29.0 Å². The van der Waals surface area contributed by atoms with Gasteiger partial charge in [-0.25, -0.2) is 9.78 Å². The van der Waals surface area contributed by atoms with E-state index in [4.69, 9.17) is 14.5 Å². The lowest BCUT2D eigenvalue weighted by Crippen LogP contribution is -2.21. The van der Waals surface area contributed by atoms with Crippen molar-refractivity contribution in [3.8, 4) is 0 Å². The van der Waals surface area contributed by atoms with Crippen molar-refractivity contribution in [1.82, 2.24) is 9.55 Å². The molecule has 0 spiro atoms. The number of carbonyl (C=O) groups is 2. The second kappa shape index (κ2) is 10.5. The normalized spacial score (nSPS) is 15.2. The van der Waals surface area contributed by atoms with Crippen LogP contribution in [0, 0.1) is 6.92 Å². The van der Waals surface area contributed by atoms with E-state index < -0.39 is 5.97 Å². The maximum absolute atomic E-state index is 13.1. The first-order valence-electron chi connectivity index (χ1n) is 11.9. The molecule has 2 N–H and O–H groups in total. The highest BCUT2D eigenvalue weighted by Gasteiger charge is 2.29. The Labute approximate surface area is 213 Å². The number of pyridine rings is 1. The molecule has 1 amide bonds. The van der Waals surface area contributed by atoms with Crippen LogP contribution in [0.2, 0.25) is 0 Å². The summed E-state index contributed by atoms with van der Waals surface area (Å²) in [6.07, 6.45) is 3.58. The smallest absolute Gasteiger partial charge is 0.356 e. The number of ether oxygens (including phenoxy) is 2. The number of esters is 1. The van der Waals surface area contributed by atoms with Gasteiger partial charge in [0.05, 0.1) is 37.3 Å². The number of anilines is 2. The molecular formula is C27H28N4O4S. The molecule has 4 aromatic rings. The van der Waals surface area contributed by atoms with Gasteiger partial charge in [-0.1, -0.05) is 18.2 Å². The van der Waals surface area contributed by atoms with Gasteiger partial charge in [0.15, 0.2) is 5.69 Å².